The lowest BCUT2D eigenvalue weighted by Gasteiger charge is -2.07. The van der Waals surface area contributed by atoms with Crippen LogP contribution in [0.4, 0.5) is 5.69 Å². The van der Waals surface area contributed by atoms with Gasteiger partial charge in [0.2, 0.25) is 0 Å². The van der Waals surface area contributed by atoms with Crippen molar-refractivity contribution >= 4 is 23.2 Å². The minimum atomic E-state index is -0.257. The highest BCUT2D eigenvalue weighted by molar-refractivity contribution is 6.31. The molecule has 0 bridgehead atoms. The molecule has 0 spiro atoms. The Kier molecular flexibility index (Phi) is 3.69. The number of aliphatic hydroxyl groups excluding tert-OH is 1. The van der Waals surface area contributed by atoms with Crippen molar-refractivity contribution in [3.63, 3.8) is 0 Å². The van der Waals surface area contributed by atoms with E-state index in [-0.39, 0.29) is 12.5 Å². The van der Waals surface area contributed by atoms with E-state index < -0.39 is 0 Å². The van der Waals surface area contributed by atoms with Crippen molar-refractivity contribution in [2.75, 3.05) is 5.32 Å². The van der Waals surface area contributed by atoms with Crippen molar-refractivity contribution in [1.82, 2.24) is 0 Å². The third-order valence-electron chi connectivity index (χ3n) is 2.58. The van der Waals surface area contributed by atoms with Crippen LogP contribution in [0, 0.1) is 6.92 Å². The maximum Gasteiger partial charge on any atom is 0.259 e. The third-order valence-corrected chi connectivity index (χ3v) is 2.95. The summed E-state index contributed by atoms with van der Waals surface area (Å²) in [5, 5.41) is 12.3. The lowest BCUT2D eigenvalue weighted by Crippen LogP contribution is -2.12. The Morgan fingerprint density at radius 3 is 2.83 bits per heavy atom. The average molecular weight is 266 g/mol. The number of furan rings is 1. The molecule has 0 aliphatic carbocycles. The molecule has 1 aromatic heterocycles. The largest absolute Gasteiger partial charge is 0.469 e. The van der Waals surface area contributed by atoms with E-state index in [4.69, 9.17) is 21.1 Å². The second-order valence-corrected chi connectivity index (χ2v) is 4.22. The molecular formula is C13H12ClNO3. The number of anilines is 1. The standard InChI is InChI=1S/C13H12ClNO3/c1-8-11(4-5-18-8)13(17)15-10-2-3-12(14)9(6-10)7-16/h2-6,16H,7H2,1H3,(H,15,17). The van der Waals surface area contributed by atoms with E-state index in [0.29, 0.717) is 27.6 Å². The van der Waals surface area contributed by atoms with E-state index in [0.717, 1.165) is 0 Å². The number of benzene rings is 1. The number of halogens is 1. The summed E-state index contributed by atoms with van der Waals surface area (Å²) in [6, 6.07) is 6.54. The van der Waals surface area contributed by atoms with Crippen LogP contribution in [0.5, 0.6) is 0 Å². The summed E-state index contributed by atoms with van der Waals surface area (Å²) < 4.78 is 5.07. The van der Waals surface area contributed by atoms with E-state index in [1.807, 2.05) is 0 Å². The van der Waals surface area contributed by atoms with Gasteiger partial charge in [-0.1, -0.05) is 11.6 Å². The maximum absolute atomic E-state index is 11.9. The van der Waals surface area contributed by atoms with Gasteiger partial charge in [0, 0.05) is 10.7 Å². The molecule has 18 heavy (non-hydrogen) atoms. The zero-order valence-electron chi connectivity index (χ0n) is 9.74. The van der Waals surface area contributed by atoms with Crippen molar-refractivity contribution in [3.05, 3.63) is 52.4 Å². The highest BCUT2D eigenvalue weighted by Crippen LogP contribution is 2.21. The lowest BCUT2D eigenvalue weighted by molar-refractivity contribution is 0.102. The highest BCUT2D eigenvalue weighted by Gasteiger charge is 2.12. The van der Waals surface area contributed by atoms with Gasteiger partial charge in [-0.15, -0.1) is 0 Å². The molecule has 0 aliphatic rings. The molecule has 0 saturated heterocycles. The molecule has 2 N–H and O–H groups in total. The van der Waals surface area contributed by atoms with Gasteiger partial charge in [0.1, 0.15) is 5.76 Å². The van der Waals surface area contributed by atoms with Crippen molar-refractivity contribution in [1.29, 1.82) is 0 Å². The molecular weight excluding hydrogens is 254 g/mol. The van der Waals surface area contributed by atoms with Crippen LogP contribution < -0.4 is 5.32 Å². The van der Waals surface area contributed by atoms with E-state index in [9.17, 15) is 4.79 Å². The number of aliphatic hydroxyl groups is 1. The van der Waals surface area contributed by atoms with Crippen LogP contribution >= 0.6 is 11.6 Å². The van der Waals surface area contributed by atoms with Crippen LogP contribution in [-0.4, -0.2) is 11.0 Å². The lowest BCUT2D eigenvalue weighted by atomic mass is 10.2. The molecule has 94 valence electrons. The first-order valence-electron chi connectivity index (χ1n) is 5.36. The summed E-state index contributed by atoms with van der Waals surface area (Å²) in [6.45, 7) is 1.54. The Morgan fingerprint density at radius 1 is 1.44 bits per heavy atom. The summed E-state index contributed by atoms with van der Waals surface area (Å²) in [5.41, 5.74) is 1.63. The molecule has 0 atom stereocenters. The van der Waals surface area contributed by atoms with Crippen LogP contribution in [0.2, 0.25) is 5.02 Å². The predicted molar refractivity (Wildman–Crippen MR) is 68.8 cm³/mol. The molecule has 1 aromatic carbocycles. The molecule has 2 rings (SSSR count). The summed E-state index contributed by atoms with van der Waals surface area (Å²) in [6.07, 6.45) is 1.46. The van der Waals surface area contributed by atoms with Gasteiger partial charge in [0.05, 0.1) is 18.4 Å². The number of amides is 1. The SMILES string of the molecule is Cc1occc1C(=O)Nc1ccc(Cl)c(CO)c1. The van der Waals surface area contributed by atoms with Gasteiger partial charge in [0.25, 0.3) is 5.91 Å². The number of nitrogens with one attached hydrogen (secondary N) is 1. The Bertz CT molecular complexity index is 577. The van der Waals surface area contributed by atoms with Gasteiger partial charge in [-0.25, -0.2) is 0 Å². The van der Waals surface area contributed by atoms with Gasteiger partial charge in [-0.3, -0.25) is 4.79 Å². The second kappa shape index (κ2) is 5.25. The number of hydrogen-bond acceptors (Lipinski definition) is 3. The van der Waals surface area contributed by atoms with Crippen LogP contribution in [0.3, 0.4) is 0 Å². The minimum Gasteiger partial charge on any atom is -0.469 e. The molecule has 1 heterocycles. The van der Waals surface area contributed by atoms with Gasteiger partial charge < -0.3 is 14.8 Å². The van der Waals surface area contributed by atoms with Crippen LogP contribution in [-0.2, 0) is 6.61 Å². The summed E-state index contributed by atoms with van der Waals surface area (Å²) in [7, 11) is 0. The third kappa shape index (κ3) is 2.55. The number of rotatable bonds is 3. The van der Waals surface area contributed by atoms with Gasteiger partial charge in [-0.05, 0) is 36.8 Å². The number of hydrogen-bond donors (Lipinski definition) is 2. The minimum absolute atomic E-state index is 0.173. The number of aryl methyl sites for hydroxylation is 1. The van der Waals surface area contributed by atoms with E-state index in [1.54, 1.807) is 31.2 Å². The van der Waals surface area contributed by atoms with E-state index >= 15 is 0 Å². The fourth-order valence-corrected chi connectivity index (χ4v) is 1.77. The number of carbonyl (C=O) groups excluding carboxylic acids is 1. The smallest absolute Gasteiger partial charge is 0.259 e. The van der Waals surface area contributed by atoms with Crippen molar-refractivity contribution in [3.8, 4) is 0 Å². The van der Waals surface area contributed by atoms with Crippen LogP contribution in [0.15, 0.2) is 34.9 Å². The molecule has 2 aromatic rings. The topological polar surface area (TPSA) is 62.5 Å². The van der Waals surface area contributed by atoms with Crippen LogP contribution in [0.1, 0.15) is 21.7 Å². The molecule has 5 heteroatoms. The van der Waals surface area contributed by atoms with Gasteiger partial charge >= 0.3 is 0 Å². The quantitative estimate of drug-likeness (QED) is 0.897. The number of carbonyl (C=O) groups is 1. The van der Waals surface area contributed by atoms with Crippen molar-refractivity contribution in [2.45, 2.75) is 13.5 Å². The molecule has 0 saturated carbocycles. The summed E-state index contributed by atoms with van der Waals surface area (Å²) in [4.78, 5) is 11.9. The Labute approximate surface area is 109 Å². The van der Waals surface area contributed by atoms with Crippen LogP contribution in [0.25, 0.3) is 0 Å². The molecule has 0 unspecified atom stereocenters. The van der Waals surface area contributed by atoms with Gasteiger partial charge in [0.15, 0.2) is 0 Å². The van der Waals surface area contributed by atoms with Crippen molar-refractivity contribution < 1.29 is 14.3 Å². The molecule has 4 nitrogen and oxygen atoms in total. The Balaban J connectivity index is 2.20. The first-order chi connectivity index (χ1) is 8.61. The zero-order valence-corrected chi connectivity index (χ0v) is 10.5. The highest BCUT2D eigenvalue weighted by atomic mass is 35.5. The monoisotopic (exact) mass is 265 g/mol. The van der Waals surface area contributed by atoms with Gasteiger partial charge in [-0.2, -0.15) is 0 Å². The molecule has 0 fully saturated rings. The van der Waals surface area contributed by atoms with E-state index in [2.05, 4.69) is 5.32 Å². The normalized spacial score (nSPS) is 10.4. The van der Waals surface area contributed by atoms with E-state index in [1.165, 1.54) is 6.26 Å². The first-order valence-corrected chi connectivity index (χ1v) is 5.74. The maximum atomic E-state index is 11.9. The van der Waals surface area contributed by atoms with Crippen molar-refractivity contribution in [2.24, 2.45) is 0 Å². The fourth-order valence-electron chi connectivity index (χ4n) is 1.59. The summed E-state index contributed by atoms with van der Waals surface area (Å²) >= 11 is 5.87. The molecule has 0 radical (unpaired) electrons. The molecule has 0 aliphatic heterocycles. The molecule has 1 amide bonds. The Morgan fingerprint density at radius 2 is 2.22 bits per heavy atom. The Hall–Kier alpha value is -1.78. The first kappa shape index (κ1) is 12.7. The predicted octanol–water partition coefficient (Wildman–Crippen LogP) is 2.99. The zero-order chi connectivity index (χ0) is 13.1. The summed E-state index contributed by atoms with van der Waals surface area (Å²) in [5.74, 6) is 0.302. The average Bonchev–Trinajstić information content (AvgIpc) is 2.78. The second-order valence-electron chi connectivity index (χ2n) is 3.81. The fraction of sp³-hybridized carbons (Fsp3) is 0.154.